The van der Waals surface area contributed by atoms with Gasteiger partial charge in [0, 0.05) is 63.4 Å². The number of aliphatic hydroxyl groups is 1. The molecule has 1 aromatic heterocycles. The van der Waals surface area contributed by atoms with Crippen LogP contribution < -0.4 is 10.1 Å². The summed E-state index contributed by atoms with van der Waals surface area (Å²) in [5.41, 5.74) is 1.18. The number of nitrogens with one attached hydrogen (secondary N) is 1. The summed E-state index contributed by atoms with van der Waals surface area (Å²) < 4.78 is 36.9. The standard InChI is InChI=1S/C29H41N5O5S/c1-32-19-23(17-30-32)22-7-8-27-26(15-22)39-14-11-29(9-12-33(13-10-29)18-21-5-3-2-4-6-21)31-28(36)25-16-24(35)20-34(25)40(27,37)38/h7-8,15,17,19,21,24-25,35H,2-6,9-14,16,18,20H2,1H3,(H,31,36)/t24-,25+/m1/s1. The van der Waals surface area contributed by atoms with Crippen molar-refractivity contribution in [3.63, 3.8) is 0 Å². The van der Waals surface area contributed by atoms with Crippen molar-refractivity contribution in [3.05, 3.63) is 30.6 Å². The first-order chi connectivity index (χ1) is 19.2. The summed E-state index contributed by atoms with van der Waals surface area (Å²) >= 11 is 0. The number of aryl methyl sites for hydroxylation is 1. The molecule has 2 aromatic rings. The van der Waals surface area contributed by atoms with Crippen LogP contribution in [0.2, 0.25) is 0 Å². The molecule has 1 aliphatic carbocycles. The number of sulfonamides is 1. The molecule has 1 saturated carbocycles. The van der Waals surface area contributed by atoms with Gasteiger partial charge in [-0.1, -0.05) is 25.3 Å². The van der Waals surface area contributed by atoms with Gasteiger partial charge >= 0.3 is 0 Å². The van der Waals surface area contributed by atoms with E-state index < -0.39 is 27.7 Å². The monoisotopic (exact) mass is 571 g/mol. The summed E-state index contributed by atoms with van der Waals surface area (Å²) in [6.45, 7) is 3.08. The molecular weight excluding hydrogens is 530 g/mol. The second-order valence-corrected chi connectivity index (χ2v) is 14.1. The van der Waals surface area contributed by atoms with E-state index in [9.17, 15) is 18.3 Å². The molecule has 3 fully saturated rings. The first kappa shape index (κ1) is 27.7. The van der Waals surface area contributed by atoms with Crippen LogP contribution >= 0.6 is 0 Å². The number of aliphatic hydroxyl groups excluding tert-OH is 1. The van der Waals surface area contributed by atoms with Gasteiger partial charge in [-0.15, -0.1) is 0 Å². The predicted molar refractivity (Wildman–Crippen MR) is 150 cm³/mol. The molecule has 11 heteroatoms. The third kappa shape index (κ3) is 5.53. The Labute approximate surface area is 236 Å². The first-order valence-corrected chi connectivity index (χ1v) is 16.2. The summed E-state index contributed by atoms with van der Waals surface area (Å²) in [5, 5.41) is 18.0. The molecule has 0 radical (unpaired) electrons. The normalized spacial score (nSPS) is 27.8. The Morgan fingerprint density at radius 3 is 2.62 bits per heavy atom. The van der Waals surface area contributed by atoms with Crippen molar-refractivity contribution in [2.24, 2.45) is 13.0 Å². The fourth-order valence-electron chi connectivity index (χ4n) is 7.04. The molecule has 4 aliphatic rings. The highest BCUT2D eigenvalue weighted by atomic mass is 32.2. The van der Waals surface area contributed by atoms with Crippen LogP contribution in [0.25, 0.3) is 11.1 Å². The Morgan fingerprint density at radius 1 is 1.12 bits per heavy atom. The van der Waals surface area contributed by atoms with Crippen LogP contribution in [0.15, 0.2) is 35.5 Å². The molecule has 3 aliphatic heterocycles. The van der Waals surface area contributed by atoms with Gasteiger partial charge in [0.1, 0.15) is 16.7 Å². The van der Waals surface area contributed by atoms with Gasteiger partial charge < -0.3 is 20.1 Å². The average Bonchev–Trinajstić information content (AvgIpc) is 3.56. The summed E-state index contributed by atoms with van der Waals surface area (Å²) in [7, 11) is -2.27. The Morgan fingerprint density at radius 2 is 1.90 bits per heavy atom. The van der Waals surface area contributed by atoms with Crippen molar-refractivity contribution in [2.75, 3.05) is 32.8 Å². The van der Waals surface area contributed by atoms with Gasteiger partial charge in [-0.2, -0.15) is 9.40 Å². The van der Waals surface area contributed by atoms with Crippen LogP contribution in [0.1, 0.15) is 57.8 Å². The number of amides is 1. The van der Waals surface area contributed by atoms with Gasteiger partial charge in [-0.05, 0) is 49.3 Å². The molecule has 0 unspecified atom stereocenters. The van der Waals surface area contributed by atoms with Gasteiger partial charge in [-0.25, -0.2) is 8.42 Å². The summed E-state index contributed by atoms with van der Waals surface area (Å²) in [5.74, 6) is 0.703. The fraction of sp³-hybridized carbons (Fsp3) is 0.655. The number of likely N-dealkylation sites (tertiary alicyclic amines) is 1. The number of carbonyl (C=O) groups excluding carboxylic acids is 1. The first-order valence-electron chi connectivity index (χ1n) is 14.7. The highest BCUT2D eigenvalue weighted by molar-refractivity contribution is 7.89. The van der Waals surface area contributed by atoms with Gasteiger partial charge in [-0.3, -0.25) is 9.48 Å². The summed E-state index contributed by atoms with van der Waals surface area (Å²) in [6.07, 6.45) is 11.6. The summed E-state index contributed by atoms with van der Waals surface area (Å²) in [4.78, 5) is 16.2. The lowest BCUT2D eigenvalue weighted by atomic mass is 9.83. The minimum Gasteiger partial charge on any atom is -0.492 e. The van der Waals surface area contributed by atoms with E-state index >= 15 is 0 Å². The zero-order valence-corrected chi connectivity index (χ0v) is 24.1. The van der Waals surface area contributed by atoms with E-state index in [0.717, 1.165) is 53.8 Å². The lowest BCUT2D eigenvalue weighted by Gasteiger charge is -2.44. The van der Waals surface area contributed by atoms with Crippen molar-refractivity contribution in [1.82, 2.24) is 24.3 Å². The Hall–Kier alpha value is -2.47. The van der Waals surface area contributed by atoms with Crippen LogP contribution in [0.4, 0.5) is 0 Å². The van der Waals surface area contributed by atoms with Gasteiger partial charge in [0.2, 0.25) is 15.9 Å². The molecule has 1 spiro atoms. The maximum absolute atomic E-state index is 13.9. The van der Waals surface area contributed by atoms with E-state index in [4.69, 9.17) is 4.74 Å². The van der Waals surface area contributed by atoms with Crippen LogP contribution in [-0.2, 0) is 21.9 Å². The highest BCUT2D eigenvalue weighted by Gasteiger charge is 2.47. The van der Waals surface area contributed by atoms with E-state index in [2.05, 4.69) is 15.3 Å². The molecule has 2 atom stereocenters. The molecule has 1 aromatic carbocycles. The quantitative estimate of drug-likeness (QED) is 0.582. The number of hydrogen-bond donors (Lipinski definition) is 2. The van der Waals surface area contributed by atoms with Crippen LogP contribution in [0, 0.1) is 5.92 Å². The molecule has 0 bridgehead atoms. The second-order valence-electron chi connectivity index (χ2n) is 12.2. The van der Waals surface area contributed by atoms with Crippen molar-refractivity contribution >= 4 is 15.9 Å². The molecule has 40 heavy (non-hydrogen) atoms. The molecule has 218 valence electrons. The lowest BCUT2D eigenvalue weighted by Crippen LogP contribution is -2.59. The number of aromatic nitrogens is 2. The van der Waals surface area contributed by atoms with E-state index in [0.29, 0.717) is 6.42 Å². The number of hydrogen-bond acceptors (Lipinski definition) is 7. The van der Waals surface area contributed by atoms with Crippen LogP contribution in [0.5, 0.6) is 5.75 Å². The Bertz CT molecular complexity index is 1330. The van der Waals surface area contributed by atoms with E-state index in [-0.39, 0.29) is 36.1 Å². The molecule has 6 rings (SSSR count). The Kier molecular flexibility index (Phi) is 7.67. The topological polar surface area (TPSA) is 117 Å². The van der Waals surface area contributed by atoms with Crippen molar-refractivity contribution in [1.29, 1.82) is 0 Å². The number of rotatable bonds is 3. The number of ether oxygens (including phenoxy) is 1. The van der Waals surface area contributed by atoms with E-state index in [1.807, 2.05) is 13.2 Å². The van der Waals surface area contributed by atoms with Crippen molar-refractivity contribution < 1.29 is 23.1 Å². The van der Waals surface area contributed by atoms with E-state index in [1.54, 1.807) is 29.1 Å². The van der Waals surface area contributed by atoms with Gasteiger partial charge in [0.15, 0.2) is 0 Å². The van der Waals surface area contributed by atoms with Crippen LogP contribution in [0.3, 0.4) is 0 Å². The highest BCUT2D eigenvalue weighted by Crippen LogP contribution is 2.37. The van der Waals surface area contributed by atoms with Crippen molar-refractivity contribution in [3.8, 4) is 16.9 Å². The van der Waals surface area contributed by atoms with Gasteiger partial charge in [0.05, 0.1) is 18.9 Å². The average molecular weight is 572 g/mol. The molecule has 4 heterocycles. The number of carbonyl (C=O) groups is 1. The zero-order chi connectivity index (χ0) is 27.9. The third-order valence-corrected chi connectivity index (χ3v) is 11.3. The van der Waals surface area contributed by atoms with Crippen molar-refractivity contribution in [2.45, 2.75) is 80.4 Å². The maximum Gasteiger partial charge on any atom is 0.247 e. The number of piperidine rings is 1. The predicted octanol–water partition coefficient (Wildman–Crippen LogP) is 2.52. The van der Waals surface area contributed by atoms with Crippen LogP contribution in [-0.4, -0.2) is 88.9 Å². The number of nitrogens with zero attached hydrogens (tertiary/aromatic N) is 4. The molecular formula is C29H41N5O5S. The minimum atomic E-state index is -4.10. The second kappa shape index (κ2) is 11.1. The molecule has 2 saturated heterocycles. The maximum atomic E-state index is 13.9. The SMILES string of the molecule is Cn1cc(-c2ccc3c(c2)OCCC2(CCN(CC4CCCCC4)CC2)NC(=O)[C@@H]2C[C@@H](O)CN2S3(=O)=O)cn1. The third-order valence-electron chi connectivity index (χ3n) is 9.39. The van der Waals surface area contributed by atoms with Gasteiger partial charge in [0.25, 0.3) is 0 Å². The number of benzene rings is 1. The minimum absolute atomic E-state index is 0.0188. The molecule has 1 amide bonds. The number of fused-ring (bicyclic) bond motifs is 2. The summed E-state index contributed by atoms with van der Waals surface area (Å²) in [6, 6.07) is 4.07. The molecule has 2 N–H and O–H groups in total. The largest absolute Gasteiger partial charge is 0.492 e. The zero-order valence-electron chi connectivity index (χ0n) is 23.3. The Balaban J connectivity index is 1.28. The van der Waals surface area contributed by atoms with E-state index in [1.165, 1.54) is 32.1 Å². The smallest absolute Gasteiger partial charge is 0.247 e. The molecule has 10 nitrogen and oxygen atoms in total. The lowest BCUT2D eigenvalue weighted by molar-refractivity contribution is -0.127. The fourth-order valence-corrected chi connectivity index (χ4v) is 8.79.